The maximum absolute atomic E-state index is 13.8. The van der Waals surface area contributed by atoms with E-state index in [0.717, 1.165) is 41.8 Å². The van der Waals surface area contributed by atoms with Gasteiger partial charge < -0.3 is 19.7 Å². The van der Waals surface area contributed by atoms with Gasteiger partial charge in [0.2, 0.25) is 21.8 Å². The van der Waals surface area contributed by atoms with Crippen molar-refractivity contribution in [1.82, 2.24) is 10.2 Å². The molecule has 2 aromatic carbocycles. The summed E-state index contributed by atoms with van der Waals surface area (Å²) in [5, 5.41) is 3.11. The lowest BCUT2D eigenvalue weighted by molar-refractivity contribution is -0.139. The van der Waals surface area contributed by atoms with Gasteiger partial charge in [-0.1, -0.05) is 50.1 Å². The summed E-state index contributed by atoms with van der Waals surface area (Å²) >= 11 is 0. The van der Waals surface area contributed by atoms with Crippen LogP contribution < -0.4 is 19.1 Å². The molecule has 1 N–H and O–H groups in total. The molecule has 9 nitrogen and oxygen atoms in total. The monoisotopic (exact) mass is 545 g/mol. The Bertz CT molecular complexity index is 1180. The third kappa shape index (κ3) is 7.63. The summed E-state index contributed by atoms with van der Waals surface area (Å²) in [7, 11) is -0.897. The number of carbonyl (C=O) groups is 2. The Morgan fingerprint density at radius 3 is 2.26 bits per heavy atom. The van der Waals surface area contributed by atoms with Crippen molar-refractivity contribution in [2.24, 2.45) is 0 Å². The number of ether oxygens (including phenoxy) is 2. The molecule has 1 atom stereocenters. The molecule has 1 aliphatic rings. The topological polar surface area (TPSA) is 105 Å². The van der Waals surface area contributed by atoms with E-state index < -0.39 is 28.5 Å². The van der Waals surface area contributed by atoms with Crippen molar-refractivity contribution in [3.63, 3.8) is 0 Å². The Hall–Kier alpha value is -3.27. The number of rotatable bonds is 13. The molecule has 10 heteroatoms. The van der Waals surface area contributed by atoms with Gasteiger partial charge in [0.25, 0.3) is 0 Å². The van der Waals surface area contributed by atoms with Crippen LogP contribution in [0, 0.1) is 0 Å². The first kappa shape index (κ1) is 29.3. The first-order chi connectivity index (χ1) is 18.2. The Kier molecular flexibility index (Phi) is 10.4. The lowest BCUT2D eigenvalue weighted by Gasteiger charge is -2.33. The second-order valence-corrected chi connectivity index (χ2v) is 11.5. The number of anilines is 1. The fourth-order valence-electron chi connectivity index (χ4n) is 4.86. The summed E-state index contributed by atoms with van der Waals surface area (Å²) in [6, 6.07) is 13.8. The highest BCUT2D eigenvalue weighted by molar-refractivity contribution is 7.92. The van der Waals surface area contributed by atoms with Gasteiger partial charge in [-0.15, -0.1) is 0 Å². The van der Waals surface area contributed by atoms with E-state index in [-0.39, 0.29) is 24.2 Å². The van der Waals surface area contributed by atoms with E-state index in [1.54, 1.807) is 12.1 Å². The third-order valence-corrected chi connectivity index (χ3v) is 8.05. The van der Waals surface area contributed by atoms with E-state index in [9.17, 15) is 18.0 Å². The van der Waals surface area contributed by atoms with Crippen LogP contribution in [0.5, 0.6) is 11.5 Å². The van der Waals surface area contributed by atoms with Crippen LogP contribution in [0.15, 0.2) is 48.5 Å². The first-order valence-electron chi connectivity index (χ1n) is 13.0. The molecular formula is C28H39N3O6S. The highest BCUT2D eigenvalue weighted by Gasteiger charge is 2.33. The number of methoxy groups -OCH3 is 2. The zero-order valence-corrected chi connectivity index (χ0v) is 23.5. The molecule has 2 amide bonds. The van der Waals surface area contributed by atoms with E-state index in [1.165, 1.54) is 25.2 Å². The van der Waals surface area contributed by atoms with Crippen molar-refractivity contribution < 1.29 is 27.5 Å². The second-order valence-electron chi connectivity index (χ2n) is 9.55. The quantitative estimate of drug-likeness (QED) is 0.414. The second kappa shape index (κ2) is 13.5. The molecule has 3 rings (SSSR count). The van der Waals surface area contributed by atoms with Gasteiger partial charge in [0.05, 0.1) is 26.2 Å². The number of amides is 2. The van der Waals surface area contributed by atoms with Crippen molar-refractivity contribution in [2.45, 2.75) is 57.5 Å². The van der Waals surface area contributed by atoms with Crippen LogP contribution in [-0.2, 0) is 26.0 Å². The molecule has 208 valence electrons. The summed E-state index contributed by atoms with van der Waals surface area (Å²) in [6.45, 7) is 1.70. The van der Waals surface area contributed by atoms with Crippen molar-refractivity contribution >= 4 is 27.5 Å². The van der Waals surface area contributed by atoms with E-state index >= 15 is 0 Å². The van der Waals surface area contributed by atoms with Crippen LogP contribution in [0.1, 0.15) is 44.6 Å². The SMILES string of the molecule is CC[C@H](C(=O)NC1CCCC1)N(CCc1ccccc1)C(=O)CN(c1ccc(OC)c(OC)c1)S(C)(=O)=O. The van der Waals surface area contributed by atoms with Crippen molar-refractivity contribution in [2.75, 3.05) is 37.9 Å². The number of sulfonamides is 1. The maximum atomic E-state index is 13.8. The number of hydrogen-bond acceptors (Lipinski definition) is 6. The lowest BCUT2D eigenvalue weighted by atomic mass is 10.1. The summed E-state index contributed by atoms with van der Waals surface area (Å²) in [4.78, 5) is 28.6. The van der Waals surface area contributed by atoms with Crippen LogP contribution in [-0.4, -0.2) is 70.8 Å². The van der Waals surface area contributed by atoms with Crippen LogP contribution in [0.3, 0.4) is 0 Å². The Morgan fingerprint density at radius 1 is 1.03 bits per heavy atom. The molecule has 38 heavy (non-hydrogen) atoms. The van der Waals surface area contributed by atoms with Gasteiger partial charge in [0, 0.05) is 18.7 Å². The summed E-state index contributed by atoms with van der Waals surface area (Å²) in [5.74, 6) is 0.136. The Morgan fingerprint density at radius 2 is 1.68 bits per heavy atom. The number of hydrogen-bond donors (Lipinski definition) is 1. The highest BCUT2D eigenvalue weighted by atomic mass is 32.2. The fraction of sp³-hybridized carbons (Fsp3) is 0.500. The summed E-state index contributed by atoms with van der Waals surface area (Å²) in [6.07, 6.45) is 6.02. The normalized spacial score (nSPS) is 14.5. The molecule has 0 aliphatic heterocycles. The van der Waals surface area contributed by atoms with Crippen LogP contribution in [0.2, 0.25) is 0 Å². The predicted octanol–water partition coefficient (Wildman–Crippen LogP) is 3.38. The van der Waals surface area contributed by atoms with E-state index in [4.69, 9.17) is 9.47 Å². The number of benzene rings is 2. The minimum Gasteiger partial charge on any atom is -0.493 e. The zero-order chi connectivity index (χ0) is 27.7. The standard InChI is InChI=1S/C28H39N3O6S/c1-5-24(28(33)29-22-13-9-10-14-22)30(18-17-21-11-7-6-8-12-21)27(32)20-31(38(4,34)35)23-15-16-25(36-2)26(19-23)37-3/h6-8,11-12,15-16,19,22,24H,5,9-10,13-14,17-18,20H2,1-4H3,(H,29,33)/t24-/m1/s1. The molecule has 1 fully saturated rings. The molecular weight excluding hydrogens is 506 g/mol. The number of nitrogens with zero attached hydrogens (tertiary/aromatic N) is 2. The number of carbonyl (C=O) groups excluding carboxylic acids is 2. The minimum absolute atomic E-state index is 0.113. The molecule has 0 radical (unpaired) electrons. The third-order valence-electron chi connectivity index (χ3n) is 6.91. The maximum Gasteiger partial charge on any atom is 0.244 e. The minimum atomic E-state index is -3.84. The number of nitrogens with one attached hydrogen (secondary N) is 1. The van der Waals surface area contributed by atoms with Gasteiger partial charge in [-0.05, 0) is 43.4 Å². The summed E-state index contributed by atoms with van der Waals surface area (Å²) in [5.41, 5.74) is 1.29. The van der Waals surface area contributed by atoms with E-state index in [2.05, 4.69) is 5.32 Å². The molecule has 0 unspecified atom stereocenters. The zero-order valence-electron chi connectivity index (χ0n) is 22.7. The highest BCUT2D eigenvalue weighted by Crippen LogP contribution is 2.32. The smallest absolute Gasteiger partial charge is 0.244 e. The first-order valence-corrected chi connectivity index (χ1v) is 14.9. The summed E-state index contributed by atoms with van der Waals surface area (Å²) < 4.78 is 37.3. The molecule has 0 saturated heterocycles. The Labute approximate surface area is 226 Å². The molecule has 1 aliphatic carbocycles. The van der Waals surface area contributed by atoms with Crippen molar-refractivity contribution in [3.05, 3.63) is 54.1 Å². The fourth-order valence-corrected chi connectivity index (χ4v) is 5.70. The largest absolute Gasteiger partial charge is 0.493 e. The van der Waals surface area contributed by atoms with E-state index in [1.807, 2.05) is 37.3 Å². The van der Waals surface area contributed by atoms with Gasteiger partial charge in [0.15, 0.2) is 11.5 Å². The van der Waals surface area contributed by atoms with Crippen molar-refractivity contribution in [3.8, 4) is 11.5 Å². The molecule has 1 saturated carbocycles. The van der Waals surface area contributed by atoms with Gasteiger partial charge >= 0.3 is 0 Å². The molecule has 0 spiro atoms. The molecule has 0 aromatic heterocycles. The van der Waals surface area contributed by atoms with Gasteiger partial charge in [-0.2, -0.15) is 0 Å². The van der Waals surface area contributed by atoms with Crippen LogP contribution >= 0.6 is 0 Å². The average Bonchev–Trinajstić information content (AvgIpc) is 3.42. The lowest BCUT2D eigenvalue weighted by Crippen LogP contribution is -2.54. The van der Waals surface area contributed by atoms with Gasteiger partial charge in [0.1, 0.15) is 12.6 Å². The molecule has 2 aromatic rings. The average molecular weight is 546 g/mol. The van der Waals surface area contributed by atoms with Gasteiger partial charge in [-0.3, -0.25) is 13.9 Å². The van der Waals surface area contributed by atoms with Crippen LogP contribution in [0.25, 0.3) is 0 Å². The van der Waals surface area contributed by atoms with Crippen molar-refractivity contribution in [1.29, 1.82) is 0 Å². The van der Waals surface area contributed by atoms with E-state index in [0.29, 0.717) is 24.3 Å². The van der Waals surface area contributed by atoms with Gasteiger partial charge in [-0.25, -0.2) is 8.42 Å². The molecule has 0 bridgehead atoms. The molecule has 0 heterocycles. The Balaban J connectivity index is 1.90. The predicted molar refractivity (Wildman–Crippen MR) is 148 cm³/mol. The van der Waals surface area contributed by atoms with Crippen LogP contribution in [0.4, 0.5) is 5.69 Å².